The summed E-state index contributed by atoms with van der Waals surface area (Å²) in [5, 5.41) is 0. The normalized spacial score (nSPS) is 24.8. The molecular weight excluding hydrogens is 214 g/mol. The van der Waals surface area contributed by atoms with Crippen molar-refractivity contribution in [1.82, 2.24) is 5.48 Å². The summed E-state index contributed by atoms with van der Waals surface area (Å²) in [6.07, 6.45) is 4.97. The van der Waals surface area contributed by atoms with Gasteiger partial charge in [-0.15, -0.1) is 0 Å². The Morgan fingerprint density at radius 2 is 1.82 bits per heavy atom. The van der Waals surface area contributed by atoms with E-state index in [1.165, 1.54) is 5.56 Å². The van der Waals surface area contributed by atoms with E-state index < -0.39 is 0 Å². The minimum atomic E-state index is 0.446. The number of benzene rings is 1. The molecule has 0 unspecified atom stereocenters. The van der Waals surface area contributed by atoms with E-state index in [2.05, 4.69) is 17.6 Å². The van der Waals surface area contributed by atoms with Gasteiger partial charge in [-0.2, -0.15) is 5.48 Å². The van der Waals surface area contributed by atoms with Gasteiger partial charge in [-0.1, -0.05) is 30.3 Å². The quantitative estimate of drug-likeness (QED) is 0.796. The van der Waals surface area contributed by atoms with Crippen molar-refractivity contribution >= 4 is 0 Å². The average Bonchev–Trinajstić information content (AvgIpc) is 2.41. The predicted octanol–water partition coefficient (Wildman–Crippen LogP) is 2.67. The van der Waals surface area contributed by atoms with E-state index in [1.807, 2.05) is 18.2 Å². The van der Waals surface area contributed by atoms with E-state index in [-0.39, 0.29) is 0 Å². The van der Waals surface area contributed by atoms with Crippen LogP contribution in [0, 0.1) is 0 Å². The van der Waals surface area contributed by atoms with Crippen molar-refractivity contribution in [2.75, 3.05) is 7.11 Å². The van der Waals surface area contributed by atoms with Crippen molar-refractivity contribution in [3.63, 3.8) is 0 Å². The van der Waals surface area contributed by atoms with Gasteiger partial charge >= 0.3 is 0 Å². The summed E-state index contributed by atoms with van der Waals surface area (Å²) >= 11 is 0. The fourth-order valence-corrected chi connectivity index (χ4v) is 2.23. The summed E-state index contributed by atoms with van der Waals surface area (Å²) in [6.45, 7) is 0.630. The van der Waals surface area contributed by atoms with Crippen molar-refractivity contribution in [3.05, 3.63) is 35.9 Å². The summed E-state index contributed by atoms with van der Waals surface area (Å²) in [5.41, 5.74) is 4.36. The van der Waals surface area contributed by atoms with E-state index in [0.29, 0.717) is 18.8 Å². The highest BCUT2D eigenvalue weighted by Gasteiger charge is 2.20. The molecule has 0 amide bonds. The molecule has 0 aromatic heterocycles. The second kappa shape index (κ2) is 6.74. The van der Waals surface area contributed by atoms with Crippen LogP contribution < -0.4 is 5.48 Å². The maximum atomic E-state index is 5.54. The van der Waals surface area contributed by atoms with Gasteiger partial charge in [-0.05, 0) is 31.2 Å². The maximum absolute atomic E-state index is 5.54. The Kier molecular flexibility index (Phi) is 4.98. The number of hydrogen-bond acceptors (Lipinski definition) is 3. The lowest BCUT2D eigenvalue weighted by Crippen LogP contribution is -2.35. The summed E-state index contributed by atoms with van der Waals surface area (Å²) < 4.78 is 5.34. The Balaban J connectivity index is 1.63. The molecule has 0 bridgehead atoms. The maximum Gasteiger partial charge on any atom is 0.0933 e. The fraction of sp³-hybridized carbons (Fsp3) is 0.571. The van der Waals surface area contributed by atoms with Gasteiger partial charge < -0.3 is 4.74 Å². The minimum absolute atomic E-state index is 0.446. The molecule has 1 aromatic carbocycles. The topological polar surface area (TPSA) is 30.5 Å². The van der Waals surface area contributed by atoms with Crippen molar-refractivity contribution in [1.29, 1.82) is 0 Å². The van der Waals surface area contributed by atoms with Gasteiger partial charge in [-0.3, -0.25) is 4.84 Å². The molecule has 0 atom stereocenters. The third kappa shape index (κ3) is 4.11. The smallest absolute Gasteiger partial charge is 0.0933 e. The Hall–Kier alpha value is -0.900. The first-order valence-electron chi connectivity index (χ1n) is 6.32. The molecule has 0 radical (unpaired) electrons. The van der Waals surface area contributed by atoms with E-state index in [9.17, 15) is 0 Å². The van der Waals surface area contributed by atoms with Gasteiger partial charge in [0, 0.05) is 13.2 Å². The van der Waals surface area contributed by atoms with Crippen LogP contribution in [0.2, 0.25) is 0 Å². The molecule has 94 valence electrons. The van der Waals surface area contributed by atoms with Crippen molar-refractivity contribution in [3.8, 4) is 0 Å². The molecule has 2 rings (SSSR count). The van der Waals surface area contributed by atoms with Gasteiger partial charge in [0.15, 0.2) is 0 Å². The van der Waals surface area contributed by atoms with Crippen LogP contribution in [0.25, 0.3) is 0 Å². The summed E-state index contributed by atoms with van der Waals surface area (Å²) in [4.78, 5) is 5.54. The van der Waals surface area contributed by atoms with Crippen LogP contribution in [-0.4, -0.2) is 19.3 Å². The number of rotatable bonds is 5. The fourth-order valence-electron chi connectivity index (χ4n) is 2.23. The average molecular weight is 235 g/mol. The third-order valence-corrected chi connectivity index (χ3v) is 3.34. The van der Waals surface area contributed by atoms with Crippen molar-refractivity contribution in [2.45, 2.75) is 44.4 Å². The molecule has 1 aliphatic carbocycles. The number of hydroxylamine groups is 1. The van der Waals surface area contributed by atoms with Crippen molar-refractivity contribution in [2.24, 2.45) is 0 Å². The third-order valence-electron chi connectivity index (χ3n) is 3.34. The van der Waals surface area contributed by atoms with Gasteiger partial charge in [0.25, 0.3) is 0 Å². The van der Waals surface area contributed by atoms with E-state index in [0.717, 1.165) is 25.7 Å². The molecule has 3 heteroatoms. The standard InChI is InChI=1S/C14H21NO2/c1-16-14-9-7-13(8-10-14)15-17-11-12-5-3-2-4-6-12/h2-6,13-15H,7-11H2,1H3. The molecule has 1 fully saturated rings. The van der Waals surface area contributed by atoms with Gasteiger partial charge in [-0.25, -0.2) is 0 Å². The summed E-state index contributed by atoms with van der Waals surface area (Å²) in [6, 6.07) is 10.7. The number of hydrogen-bond donors (Lipinski definition) is 1. The van der Waals surface area contributed by atoms with Gasteiger partial charge in [0.1, 0.15) is 0 Å². The van der Waals surface area contributed by atoms with E-state index in [1.54, 1.807) is 7.11 Å². The monoisotopic (exact) mass is 235 g/mol. The number of nitrogens with one attached hydrogen (secondary N) is 1. The first kappa shape index (κ1) is 12.6. The zero-order valence-electron chi connectivity index (χ0n) is 10.4. The van der Waals surface area contributed by atoms with Crippen LogP contribution >= 0.6 is 0 Å². The Bertz CT molecular complexity index is 307. The van der Waals surface area contributed by atoms with Crippen LogP contribution in [-0.2, 0) is 16.2 Å². The van der Waals surface area contributed by atoms with Crippen molar-refractivity contribution < 1.29 is 9.57 Å². The zero-order chi connectivity index (χ0) is 11.9. The second-order valence-electron chi connectivity index (χ2n) is 4.60. The van der Waals surface area contributed by atoms with Crippen LogP contribution in [0.1, 0.15) is 31.2 Å². The first-order chi connectivity index (χ1) is 8.38. The molecule has 1 N–H and O–H groups in total. The lowest BCUT2D eigenvalue weighted by molar-refractivity contribution is -0.0213. The Morgan fingerprint density at radius 3 is 2.47 bits per heavy atom. The second-order valence-corrected chi connectivity index (χ2v) is 4.60. The SMILES string of the molecule is COC1CCC(NOCc2ccccc2)CC1. The molecule has 17 heavy (non-hydrogen) atoms. The molecule has 1 aromatic rings. The molecule has 3 nitrogen and oxygen atoms in total. The Labute approximate surface area is 103 Å². The lowest BCUT2D eigenvalue weighted by atomic mass is 9.94. The van der Waals surface area contributed by atoms with Crippen LogP contribution in [0.4, 0.5) is 0 Å². The molecule has 0 heterocycles. The first-order valence-corrected chi connectivity index (χ1v) is 6.32. The van der Waals surface area contributed by atoms with Gasteiger partial charge in [0.2, 0.25) is 0 Å². The molecule has 0 saturated heterocycles. The number of methoxy groups -OCH3 is 1. The molecule has 1 saturated carbocycles. The van der Waals surface area contributed by atoms with E-state index in [4.69, 9.17) is 9.57 Å². The summed E-state index contributed by atoms with van der Waals surface area (Å²) in [7, 11) is 1.80. The lowest BCUT2D eigenvalue weighted by Gasteiger charge is -2.27. The molecular formula is C14H21NO2. The highest BCUT2D eigenvalue weighted by molar-refractivity contribution is 5.13. The minimum Gasteiger partial charge on any atom is -0.381 e. The largest absolute Gasteiger partial charge is 0.381 e. The Morgan fingerprint density at radius 1 is 1.12 bits per heavy atom. The van der Waals surface area contributed by atoms with E-state index >= 15 is 0 Å². The zero-order valence-corrected chi connectivity index (χ0v) is 10.4. The number of ether oxygens (including phenoxy) is 1. The molecule has 1 aliphatic rings. The van der Waals surface area contributed by atoms with Crippen LogP contribution in [0.15, 0.2) is 30.3 Å². The van der Waals surface area contributed by atoms with Crippen LogP contribution in [0.3, 0.4) is 0 Å². The van der Waals surface area contributed by atoms with Crippen LogP contribution in [0.5, 0.6) is 0 Å². The van der Waals surface area contributed by atoms with Gasteiger partial charge in [0.05, 0.1) is 12.7 Å². The molecule has 0 aliphatic heterocycles. The predicted molar refractivity (Wildman–Crippen MR) is 67.4 cm³/mol. The summed E-state index contributed by atoms with van der Waals surface area (Å²) in [5.74, 6) is 0. The highest BCUT2D eigenvalue weighted by Crippen LogP contribution is 2.20. The highest BCUT2D eigenvalue weighted by atomic mass is 16.6. The molecule has 0 spiro atoms.